The van der Waals surface area contributed by atoms with Crippen molar-refractivity contribution in [2.45, 2.75) is 0 Å². The van der Waals surface area contributed by atoms with Gasteiger partial charge in [-0.05, 0) is 6.07 Å². The third-order valence-corrected chi connectivity index (χ3v) is 3.44. The Hall–Kier alpha value is -2.29. The highest BCUT2D eigenvalue weighted by molar-refractivity contribution is 7.84. The molecule has 1 aromatic carbocycles. The van der Waals surface area contributed by atoms with Crippen molar-refractivity contribution in [2.75, 3.05) is 23.9 Å². The Morgan fingerprint density at radius 2 is 2.25 bits per heavy atom. The van der Waals surface area contributed by atoms with E-state index in [1.54, 1.807) is 6.26 Å². The van der Waals surface area contributed by atoms with E-state index in [-0.39, 0.29) is 16.8 Å². The molecule has 0 amide bonds. The second-order valence-corrected chi connectivity index (χ2v) is 5.63. The van der Waals surface area contributed by atoms with Gasteiger partial charge in [-0.25, -0.2) is 4.98 Å². The summed E-state index contributed by atoms with van der Waals surface area (Å²) in [6.45, 7) is 0.332. The lowest BCUT2D eigenvalue weighted by atomic mass is 10.2. The molecule has 8 nitrogen and oxygen atoms in total. The standard InChI is InChI=1S/C11H12N4O4S/c1-20(19)3-2-12-9-5-8-7(4-10(9)15(17)18)11(16)14-6-13-8/h4-6,12H,2-3H2,1H3,(H,13,14,16). The molecule has 0 fully saturated rings. The van der Waals surface area contributed by atoms with Crippen LogP contribution >= 0.6 is 0 Å². The molecule has 2 rings (SSSR count). The molecule has 0 aliphatic heterocycles. The third kappa shape index (κ3) is 2.99. The molecule has 1 aromatic heterocycles. The van der Waals surface area contributed by atoms with Crippen LogP contribution in [0.25, 0.3) is 10.9 Å². The molecule has 0 spiro atoms. The molecule has 0 saturated carbocycles. The van der Waals surface area contributed by atoms with E-state index in [9.17, 15) is 19.1 Å². The quantitative estimate of drug-likeness (QED) is 0.617. The summed E-state index contributed by atoms with van der Waals surface area (Å²) < 4.78 is 11.0. The maximum absolute atomic E-state index is 11.6. The molecular formula is C11H12N4O4S. The zero-order valence-corrected chi connectivity index (χ0v) is 11.4. The summed E-state index contributed by atoms with van der Waals surface area (Å²) in [5, 5.41) is 14.1. The van der Waals surface area contributed by atoms with E-state index in [0.29, 0.717) is 17.8 Å². The van der Waals surface area contributed by atoms with Crippen molar-refractivity contribution in [3.63, 3.8) is 0 Å². The molecule has 1 heterocycles. The van der Waals surface area contributed by atoms with Crippen molar-refractivity contribution in [1.29, 1.82) is 0 Å². The highest BCUT2D eigenvalue weighted by atomic mass is 32.2. The third-order valence-electron chi connectivity index (χ3n) is 2.66. The lowest BCUT2D eigenvalue weighted by Crippen LogP contribution is -2.12. The predicted octanol–water partition coefficient (Wildman–Crippen LogP) is 0.622. The van der Waals surface area contributed by atoms with Gasteiger partial charge in [0.05, 0.1) is 22.2 Å². The number of aromatic amines is 1. The largest absolute Gasteiger partial charge is 0.379 e. The summed E-state index contributed by atoms with van der Waals surface area (Å²) in [7, 11) is -0.990. The van der Waals surface area contributed by atoms with Crippen molar-refractivity contribution in [3.8, 4) is 0 Å². The smallest absolute Gasteiger partial charge is 0.293 e. The minimum absolute atomic E-state index is 0.156. The second kappa shape index (κ2) is 5.78. The Kier molecular flexibility index (Phi) is 4.08. The number of benzene rings is 1. The fraction of sp³-hybridized carbons (Fsp3) is 0.273. The van der Waals surface area contributed by atoms with Gasteiger partial charge in [-0.1, -0.05) is 0 Å². The number of H-pyrrole nitrogens is 1. The Labute approximate surface area is 115 Å². The number of fused-ring (bicyclic) bond motifs is 1. The van der Waals surface area contributed by atoms with E-state index >= 15 is 0 Å². The number of nitrogens with zero attached hydrogens (tertiary/aromatic N) is 2. The van der Waals surface area contributed by atoms with Gasteiger partial charge in [0, 0.05) is 35.4 Å². The van der Waals surface area contributed by atoms with E-state index < -0.39 is 21.3 Å². The zero-order chi connectivity index (χ0) is 14.7. The molecule has 1 atom stereocenters. The molecule has 0 bridgehead atoms. The maximum atomic E-state index is 11.6. The number of anilines is 1. The number of hydrogen-bond acceptors (Lipinski definition) is 6. The number of nitro groups is 1. The fourth-order valence-electron chi connectivity index (χ4n) is 1.73. The summed E-state index contributed by atoms with van der Waals surface area (Å²) in [6.07, 6.45) is 2.79. The van der Waals surface area contributed by atoms with Gasteiger partial charge >= 0.3 is 0 Å². The number of aromatic nitrogens is 2. The molecule has 0 radical (unpaired) electrons. The van der Waals surface area contributed by atoms with Crippen molar-refractivity contribution >= 4 is 33.1 Å². The van der Waals surface area contributed by atoms with Crippen LogP contribution in [0.3, 0.4) is 0 Å². The first-order chi connectivity index (χ1) is 9.49. The van der Waals surface area contributed by atoms with Crippen molar-refractivity contribution in [1.82, 2.24) is 9.97 Å². The molecule has 0 aliphatic carbocycles. The average Bonchev–Trinajstić information content (AvgIpc) is 2.37. The van der Waals surface area contributed by atoms with Crippen LogP contribution in [0.4, 0.5) is 11.4 Å². The van der Waals surface area contributed by atoms with Gasteiger partial charge < -0.3 is 10.3 Å². The Balaban J connectivity index is 2.46. The van der Waals surface area contributed by atoms with Crippen LogP contribution in [-0.2, 0) is 10.8 Å². The van der Waals surface area contributed by atoms with E-state index in [0.717, 1.165) is 0 Å². The first-order valence-electron chi connectivity index (χ1n) is 5.69. The average molecular weight is 296 g/mol. The Morgan fingerprint density at radius 3 is 2.90 bits per heavy atom. The van der Waals surface area contributed by atoms with E-state index in [4.69, 9.17) is 0 Å². The molecule has 0 saturated heterocycles. The molecule has 2 N–H and O–H groups in total. The highest BCUT2D eigenvalue weighted by Gasteiger charge is 2.16. The van der Waals surface area contributed by atoms with Crippen molar-refractivity contribution in [3.05, 3.63) is 38.9 Å². The minimum Gasteiger partial charge on any atom is -0.379 e. The first kappa shape index (κ1) is 14.1. The van der Waals surface area contributed by atoms with Crippen LogP contribution in [0.1, 0.15) is 0 Å². The normalized spacial score (nSPS) is 12.2. The minimum atomic E-state index is -0.990. The highest BCUT2D eigenvalue weighted by Crippen LogP contribution is 2.27. The van der Waals surface area contributed by atoms with Crippen LogP contribution in [0.2, 0.25) is 0 Å². The molecule has 106 valence electrons. The first-order valence-corrected chi connectivity index (χ1v) is 7.41. The molecule has 1 unspecified atom stereocenters. The summed E-state index contributed by atoms with van der Waals surface area (Å²) in [4.78, 5) is 28.4. The van der Waals surface area contributed by atoms with Gasteiger partial charge in [0.15, 0.2) is 0 Å². The number of nitro benzene ring substituents is 1. The van der Waals surface area contributed by atoms with Crippen LogP contribution in [0, 0.1) is 10.1 Å². The topological polar surface area (TPSA) is 118 Å². The van der Waals surface area contributed by atoms with Gasteiger partial charge in [0.25, 0.3) is 11.2 Å². The molecule has 20 heavy (non-hydrogen) atoms. The fourth-order valence-corrected chi connectivity index (χ4v) is 2.12. The Bertz CT molecular complexity index is 743. The van der Waals surface area contributed by atoms with E-state index in [2.05, 4.69) is 15.3 Å². The lowest BCUT2D eigenvalue weighted by molar-refractivity contribution is -0.383. The SMILES string of the molecule is CS(=O)CCNc1cc2nc[nH]c(=O)c2cc1[N+](=O)[O-]. The maximum Gasteiger partial charge on any atom is 0.293 e. The molecule has 9 heteroatoms. The monoisotopic (exact) mass is 296 g/mol. The number of nitrogens with one attached hydrogen (secondary N) is 2. The summed E-state index contributed by atoms with van der Waals surface area (Å²) in [6, 6.07) is 2.63. The second-order valence-electron chi connectivity index (χ2n) is 4.08. The zero-order valence-electron chi connectivity index (χ0n) is 10.6. The Morgan fingerprint density at radius 1 is 1.50 bits per heavy atom. The van der Waals surface area contributed by atoms with Crippen molar-refractivity contribution < 1.29 is 9.13 Å². The van der Waals surface area contributed by atoms with E-state index in [1.807, 2.05) is 0 Å². The van der Waals surface area contributed by atoms with Crippen molar-refractivity contribution in [2.24, 2.45) is 0 Å². The van der Waals surface area contributed by atoms with Gasteiger partial charge in [-0.2, -0.15) is 0 Å². The number of rotatable bonds is 5. The van der Waals surface area contributed by atoms with Crippen LogP contribution in [-0.4, -0.2) is 37.7 Å². The summed E-state index contributed by atoms with van der Waals surface area (Å²) in [5.41, 5.74) is -0.0253. The van der Waals surface area contributed by atoms with Crippen LogP contribution < -0.4 is 10.9 Å². The molecule has 0 aliphatic rings. The lowest BCUT2D eigenvalue weighted by Gasteiger charge is -2.07. The van der Waals surface area contributed by atoms with Gasteiger partial charge in [-0.15, -0.1) is 0 Å². The van der Waals surface area contributed by atoms with Gasteiger partial charge in [0.1, 0.15) is 5.69 Å². The van der Waals surface area contributed by atoms with Gasteiger partial charge in [0.2, 0.25) is 0 Å². The summed E-state index contributed by atoms with van der Waals surface area (Å²) in [5.74, 6) is 0.373. The predicted molar refractivity (Wildman–Crippen MR) is 76.4 cm³/mol. The molecular weight excluding hydrogens is 284 g/mol. The van der Waals surface area contributed by atoms with Crippen LogP contribution in [0.15, 0.2) is 23.3 Å². The van der Waals surface area contributed by atoms with E-state index in [1.165, 1.54) is 18.5 Å². The number of hydrogen-bond donors (Lipinski definition) is 2. The molecule has 2 aromatic rings. The van der Waals surface area contributed by atoms with Crippen LogP contribution in [0.5, 0.6) is 0 Å². The van der Waals surface area contributed by atoms with Gasteiger partial charge in [-0.3, -0.25) is 19.1 Å². The summed E-state index contributed by atoms with van der Waals surface area (Å²) >= 11 is 0.